The number of carbonyl (C=O) groups excluding carboxylic acids is 1. The van der Waals surface area contributed by atoms with Crippen LogP contribution in [0.5, 0.6) is 0 Å². The van der Waals surface area contributed by atoms with E-state index in [1.165, 1.54) is 0 Å². The fourth-order valence-electron chi connectivity index (χ4n) is 2.33. The zero-order valence-electron chi connectivity index (χ0n) is 8.16. The molecular weight excluding hydrogens is 168 g/mol. The molecule has 0 aliphatic carbocycles. The van der Waals surface area contributed by atoms with Crippen molar-refractivity contribution in [1.29, 1.82) is 0 Å². The van der Waals surface area contributed by atoms with E-state index in [2.05, 4.69) is 6.92 Å². The molecule has 2 aliphatic rings. The number of carbonyl (C=O) groups is 1. The lowest BCUT2D eigenvalue weighted by Gasteiger charge is -2.27. The Kier molecular flexibility index (Phi) is 2.39. The van der Waals surface area contributed by atoms with E-state index in [0.29, 0.717) is 18.9 Å². The third kappa shape index (κ3) is 1.51. The minimum Gasteiger partial charge on any atom is -0.376 e. The molecule has 0 saturated carbocycles. The maximum atomic E-state index is 11.4. The summed E-state index contributed by atoms with van der Waals surface area (Å²) in [6, 6.07) is 0. The molecule has 2 aliphatic heterocycles. The van der Waals surface area contributed by atoms with Gasteiger partial charge in [-0.1, -0.05) is 6.92 Å². The van der Waals surface area contributed by atoms with Crippen molar-refractivity contribution in [3.05, 3.63) is 0 Å². The summed E-state index contributed by atoms with van der Waals surface area (Å²) < 4.78 is 11.2. The average Bonchev–Trinajstić information content (AvgIpc) is 2.44. The Hall–Kier alpha value is -0.410. The Morgan fingerprint density at radius 3 is 3.08 bits per heavy atom. The van der Waals surface area contributed by atoms with Crippen LogP contribution < -0.4 is 0 Å². The Labute approximate surface area is 78.4 Å². The van der Waals surface area contributed by atoms with E-state index in [4.69, 9.17) is 9.47 Å². The van der Waals surface area contributed by atoms with Crippen LogP contribution >= 0.6 is 0 Å². The number of Topliss-reactive ketones (excluding diaryl/α,β-unsaturated/α-hetero) is 1. The zero-order chi connectivity index (χ0) is 9.42. The van der Waals surface area contributed by atoms with Crippen molar-refractivity contribution in [2.45, 2.75) is 45.0 Å². The molecule has 2 fully saturated rings. The van der Waals surface area contributed by atoms with E-state index in [1.807, 2.05) is 6.92 Å². The Bertz CT molecular complexity index is 214. The highest BCUT2D eigenvalue weighted by Gasteiger charge is 2.46. The molecule has 0 aromatic carbocycles. The van der Waals surface area contributed by atoms with Crippen LogP contribution in [0.4, 0.5) is 0 Å². The van der Waals surface area contributed by atoms with Gasteiger partial charge in [0.05, 0.1) is 12.2 Å². The number of ketones is 1. The summed E-state index contributed by atoms with van der Waals surface area (Å²) in [5.41, 5.74) is 0. The van der Waals surface area contributed by atoms with Crippen molar-refractivity contribution >= 4 is 5.78 Å². The molecule has 4 atom stereocenters. The monoisotopic (exact) mass is 184 g/mol. The highest BCUT2D eigenvalue weighted by Crippen LogP contribution is 2.35. The molecule has 0 N–H and O–H groups in total. The average molecular weight is 184 g/mol. The number of fused-ring (bicyclic) bond motifs is 2. The second kappa shape index (κ2) is 3.39. The molecule has 0 aromatic heterocycles. The molecule has 0 spiro atoms. The number of hydrogen-bond donors (Lipinski definition) is 0. The van der Waals surface area contributed by atoms with Gasteiger partial charge in [0.1, 0.15) is 6.10 Å². The van der Waals surface area contributed by atoms with Gasteiger partial charge in [-0.2, -0.15) is 0 Å². The van der Waals surface area contributed by atoms with Crippen LogP contribution in [0.2, 0.25) is 0 Å². The van der Waals surface area contributed by atoms with E-state index < -0.39 is 0 Å². The van der Waals surface area contributed by atoms with Crippen molar-refractivity contribution in [2.24, 2.45) is 5.92 Å². The molecule has 4 unspecified atom stereocenters. The molecule has 2 bridgehead atoms. The summed E-state index contributed by atoms with van der Waals surface area (Å²) in [7, 11) is 0. The maximum absolute atomic E-state index is 11.4. The topological polar surface area (TPSA) is 35.5 Å². The van der Waals surface area contributed by atoms with Gasteiger partial charge in [0.2, 0.25) is 0 Å². The van der Waals surface area contributed by atoms with E-state index >= 15 is 0 Å². The summed E-state index contributed by atoms with van der Waals surface area (Å²) >= 11 is 0. The van der Waals surface area contributed by atoms with Crippen molar-refractivity contribution in [2.75, 3.05) is 6.61 Å². The Morgan fingerprint density at radius 1 is 1.62 bits per heavy atom. The van der Waals surface area contributed by atoms with Gasteiger partial charge in [-0.05, 0) is 12.8 Å². The van der Waals surface area contributed by atoms with Gasteiger partial charge in [-0.15, -0.1) is 0 Å². The largest absolute Gasteiger partial charge is 0.376 e. The summed E-state index contributed by atoms with van der Waals surface area (Å²) in [6.45, 7) is 4.75. The first-order chi connectivity index (χ1) is 6.22. The van der Waals surface area contributed by atoms with Gasteiger partial charge in [0, 0.05) is 19.4 Å². The van der Waals surface area contributed by atoms with E-state index in [9.17, 15) is 4.79 Å². The van der Waals surface area contributed by atoms with Crippen LogP contribution in [0, 0.1) is 5.92 Å². The number of ether oxygens (including phenoxy) is 2. The second-order valence-electron chi connectivity index (χ2n) is 3.97. The standard InChI is InChI=1S/C10H16O3/c1-3-12-9-5-8-7(11)4-6(2)10(9)13-8/h6,8-10H,3-5H2,1-2H3. The summed E-state index contributed by atoms with van der Waals surface area (Å²) in [5.74, 6) is 0.578. The van der Waals surface area contributed by atoms with Crippen molar-refractivity contribution < 1.29 is 14.3 Å². The third-order valence-corrected chi connectivity index (χ3v) is 2.96. The minimum absolute atomic E-state index is 0.149. The lowest BCUT2D eigenvalue weighted by Crippen LogP contribution is -2.36. The SMILES string of the molecule is CCOC1CC2OC1C(C)CC2=O. The third-order valence-electron chi connectivity index (χ3n) is 2.96. The molecular formula is C10H16O3. The molecule has 2 rings (SSSR count). The van der Waals surface area contributed by atoms with Crippen LogP contribution in [0.3, 0.4) is 0 Å². The quantitative estimate of drug-likeness (QED) is 0.646. The first-order valence-electron chi connectivity index (χ1n) is 5.02. The van der Waals surface area contributed by atoms with Crippen molar-refractivity contribution in [3.63, 3.8) is 0 Å². The zero-order valence-corrected chi connectivity index (χ0v) is 8.16. The molecule has 13 heavy (non-hydrogen) atoms. The van der Waals surface area contributed by atoms with Gasteiger partial charge >= 0.3 is 0 Å². The molecule has 0 aromatic rings. The van der Waals surface area contributed by atoms with Crippen LogP contribution in [0.1, 0.15) is 26.7 Å². The minimum atomic E-state index is -0.169. The molecule has 2 heterocycles. The molecule has 3 nitrogen and oxygen atoms in total. The number of hydrogen-bond acceptors (Lipinski definition) is 3. The second-order valence-corrected chi connectivity index (χ2v) is 3.97. The van der Waals surface area contributed by atoms with E-state index in [1.54, 1.807) is 0 Å². The van der Waals surface area contributed by atoms with Crippen LogP contribution in [-0.2, 0) is 14.3 Å². The lowest BCUT2D eigenvalue weighted by atomic mass is 9.96. The molecule has 0 radical (unpaired) electrons. The van der Waals surface area contributed by atoms with Gasteiger partial charge in [0.25, 0.3) is 0 Å². The van der Waals surface area contributed by atoms with Crippen LogP contribution in [0.15, 0.2) is 0 Å². The predicted octanol–water partition coefficient (Wildman–Crippen LogP) is 1.16. The van der Waals surface area contributed by atoms with E-state index in [0.717, 1.165) is 6.42 Å². The van der Waals surface area contributed by atoms with Crippen molar-refractivity contribution in [3.8, 4) is 0 Å². The number of rotatable bonds is 2. The maximum Gasteiger partial charge on any atom is 0.162 e. The molecule has 2 saturated heterocycles. The van der Waals surface area contributed by atoms with Crippen LogP contribution in [-0.4, -0.2) is 30.7 Å². The Morgan fingerprint density at radius 2 is 2.38 bits per heavy atom. The van der Waals surface area contributed by atoms with Gasteiger partial charge in [-0.25, -0.2) is 0 Å². The fraction of sp³-hybridized carbons (Fsp3) is 0.900. The predicted molar refractivity (Wildman–Crippen MR) is 47.5 cm³/mol. The highest BCUT2D eigenvalue weighted by molar-refractivity contribution is 5.84. The van der Waals surface area contributed by atoms with Gasteiger partial charge in [0.15, 0.2) is 5.78 Å². The summed E-state index contributed by atoms with van der Waals surface area (Å²) in [6.07, 6.45) is 1.57. The first-order valence-corrected chi connectivity index (χ1v) is 5.02. The summed E-state index contributed by atoms with van der Waals surface area (Å²) in [5, 5.41) is 0. The molecule has 3 heteroatoms. The summed E-state index contributed by atoms with van der Waals surface area (Å²) in [4.78, 5) is 11.4. The first kappa shape index (κ1) is 9.16. The van der Waals surface area contributed by atoms with E-state index in [-0.39, 0.29) is 24.1 Å². The van der Waals surface area contributed by atoms with Crippen molar-refractivity contribution in [1.82, 2.24) is 0 Å². The smallest absolute Gasteiger partial charge is 0.162 e. The lowest BCUT2D eigenvalue weighted by molar-refractivity contribution is -0.141. The van der Waals surface area contributed by atoms with Gasteiger partial charge in [-0.3, -0.25) is 4.79 Å². The molecule has 0 amide bonds. The fourth-order valence-corrected chi connectivity index (χ4v) is 2.33. The highest BCUT2D eigenvalue weighted by atomic mass is 16.6. The Balaban J connectivity index is 2.07. The van der Waals surface area contributed by atoms with Gasteiger partial charge < -0.3 is 9.47 Å². The normalized spacial score (nSPS) is 44.0. The van der Waals surface area contributed by atoms with Crippen LogP contribution in [0.25, 0.3) is 0 Å². The molecule has 74 valence electrons.